The maximum absolute atomic E-state index is 12.7. The van der Waals surface area contributed by atoms with Crippen molar-refractivity contribution in [2.45, 2.75) is 50.2 Å². The Morgan fingerprint density at radius 3 is 2.59 bits per heavy atom. The van der Waals surface area contributed by atoms with Gasteiger partial charge in [0.15, 0.2) is 0 Å². The van der Waals surface area contributed by atoms with Gasteiger partial charge in [-0.15, -0.1) is 11.8 Å². The second-order valence-corrected chi connectivity index (χ2v) is 8.42. The van der Waals surface area contributed by atoms with Crippen LogP contribution in [-0.2, 0) is 16.0 Å². The van der Waals surface area contributed by atoms with Gasteiger partial charge in [-0.25, -0.2) is 0 Å². The molecule has 1 aliphatic carbocycles. The standard InChI is InChI=1S/C22H26N2O2S/c1-4-16-8-5-7-14(2)20(16)24-21(25)15(3)27-19-10-6-9-18(13-19)23-22(26)17-11-12-17/h5-10,13,15,17H,4,11-12H2,1-3H3,(H,23,26)(H,24,25). The molecule has 1 atom stereocenters. The van der Waals surface area contributed by atoms with Crippen LogP contribution < -0.4 is 10.6 Å². The van der Waals surface area contributed by atoms with Gasteiger partial charge in [-0.05, 0) is 62.4 Å². The highest BCUT2D eigenvalue weighted by Gasteiger charge is 2.29. The summed E-state index contributed by atoms with van der Waals surface area (Å²) >= 11 is 1.49. The van der Waals surface area contributed by atoms with E-state index in [2.05, 4.69) is 17.6 Å². The Balaban J connectivity index is 1.64. The highest BCUT2D eigenvalue weighted by Crippen LogP contribution is 2.31. The Hall–Kier alpha value is -2.27. The quantitative estimate of drug-likeness (QED) is 0.661. The van der Waals surface area contributed by atoms with E-state index in [1.54, 1.807) is 0 Å². The van der Waals surface area contributed by atoms with Crippen LogP contribution in [0.25, 0.3) is 0 Å². The number of hydrogen-bond donors (Lipinski definition) is 2. The summed E-state index contributed by atoms with van der Waals surface area (Å²) in [7, 11) is 0. The van der Waals surface area contributed by atoms with Crippen LogP contribution in [0.15, 0.2) is 47.4 Å². The first-order valence-electron chi connectivity index (χ1n) is 9.45. The highest BCUT2D eigenvalue weighted by atomic mass is 32.2. The Bertz CT molecular complexity index is 846. The van der Waals surface area contributed by atoms with Gasteiger partial charge < -0.3 is 10.6 Å². The number of thioether (sulfide) groups is 1. The molecule has 1 fully saturated rings. The van der Waals surface area contributed by atoms with Gasteiger partial charge in [-0.3, -0.25) is 9.59 Å². The van der Waals surface area contributed by atoms with Gasteiger partial charge in [0, 0.05) is 22.2 Å². The molecule has 0 bridgehead atoms. The topological polar surface area (TPSA) is 58.2 Å². The minimum Gasteiger partial charge on any atom is -0.326 e. The van der Waals surface area contributed by atoms with E-state index < -0.39 is 0 Å². The second kappa shape index (κ2) is 8.61. The van der Waals surface area contributed by atoms with Crippen LogP contribution in [-0.4, -0.2) is 17.1 Å². The number of carbonyl (C=O) groups excluding carboxylic acids is 2. The minimum absolute atomic E-state index is 0.0172. The number of rotatable bonds is 7. The van der Waals surface area contributed by atoms with Crippen LogP contribution in [0.4, 0.5) is 11.4 Å². The lowest BCUT2D eigenvalue weighted by Gasteiger charge is -2.16. The van der Waals surface area contributed by atoms with Crippen molar-refractivity contribution in [1.29, 1.82) is 0 Å². The normalized spacial score (nSPS) is 14.5. The molecule has 2 aromatic carbocycles. The third-order valence-electron chi connectivity index (χ3n) is 4.72. The van der Waals surface area contributed by atoms with E-state index in [0.29, 0.717) is 0 Å². The Labute approximate surface area is 165 Å². The number of carbonyl (C=O) groups is 2. The van der Waals surface area contributed by atoms with Crippen molar-refractivity contribution in [3.63, 3.8) is 0 Å². The van der Waals surface area contributed by atoms with E-state index >= 15 is 0 Å². The molecular weight excluding hydrogens is 356 g/mol. The van der Waals surface area contributed by atoms with Crippen LogP contribution in [0.1, 0.15) is 37.8 Å². The zero-order valence-corrected chi connectivity index (χ0v) is 16.9. The number of amides is 2. The first kappa shape index (κ1) is 19.5. The van der Waals surface area contributed by atoms with Crippen molar-refractivity contribution in [3.8, 4) is 0 Å². The SMILES string of the molecule is CCc1cccc(C)c1NC(=O)C(C)Sc1cccc(NC(=O)C2CC2)c1. The first-order valence-corrected chi connectivity index (χ1v) is 10.3. The minimum atomic E-state index is -0.247. The fourth-order valence-corrected chi connectivity index (χ4v) is 3.85. The molecule has 1 aliphatic rings. The van der Waals surface area contributed by atoms with Gasteiger partial charge in [-0.2, -0.15) is 0 Å². The van der Waals surface area contributed by atoms with Gasteiger partial charge in [0.1, 0.15) is 0 Å². The summed E-state index contributed by atoms with van der Waals surface area (Å²) in [6.07, 6.45) is 2.84. The number of aryl methyl sites for hydroxylation is 2. The summed E-state index contributed by atoms with van der Waals surface area (Å²) in [5.74, 6) is 0.249. The van der Waals surface area contributed by atoms with Crippen LogP contribution in [0.3, 0.4) is 0 Å². The summed E-state index contributed by atoms with van der Waals surface area (Å²) < 4.78 is 0. The molecular formula is C22H26N2O2S. The first-order chi connectivity index (χ1) is 13.0. The summed E-state index contributed by atoms with van der Waals surface area (Å²) in [5.41, 5.74) is 3.93. The van der Waals surface area contributed by atoms with Gasteiger partial charge in [0.2, 0.25) is 11.8 Å². The number of hydrogen-bond acceptors (Lipinski definition) is 3. The van der Waals surface area contributed by atoms with E-state index in [4.69, 9.17) is 0 Å². The fraction of sp³-hybridized carbons (Fsp3) is 0.364. The molecule has 27 heavy (non-hydrogen) atoms. The number of benzene rings is 2. The molecule has 2 amide bonds. The summed E-state index contributed by atoms with van der Waals surface area (Å²) in [5, 5.41) is 5.80. The Kier molecular flexibility index (Phi) is 6.22. The molecule has 0 radical (unpaired) electrons. The van der Waals surface area contributed by atoms with Crippen LogP contribution in [0.5, 0.6) is 0 Å². The molecule has 4 nitrogen and oxygen atoms in total. The predicted molar refractivity (Wildman–Crippen MR) is 112 cm³/mol. The number of nitrogens with one attached hydrogen (secondary N) is 2. The van der Waals surface area contributed by atoms with Crippen LogP contribution >= 0.6 is 11.8 Å². The Morgan fingerprint density at radius 1 is 1.15 bits per heavy atom. The molecule has 0 saturated heterocycles. The number of para-hydroxylation sites is 1. The van der Waals surface area contributed by atoms with Crippen molar-refractivity contribution in [2.75, 3.05) is 10.6 Å². The number of anilines is 2. The maximum atomic E-state index is 12.7. The lowest BCUT2D eigenvalue weighted by atomic mass is 10.1. The molecule has 2 N–H and O–H groups in total. The van der Waals surface area contributed by atoms with Crippen molar-refractivity contribution >= 4 is 35.0 Å². The van der Waals surface area contributed by atoms with Gasteiger partial charge in [0.05, 0.1) is 5.25 Å². The molecule has 1 saturated carbocycles. The van der Waals surface area contributed by atoms with E-state index in [-0.39, 0.29) is 23.0 Å². The highest BCUT2D eigenvalue weighted by molar-refractivity contribution is 8.00. The fourth-order valence-electron chi connectivity index (χ4n) is 2.92. The predicted octanol–water partition coefficient (Wildman–Crippen LogP) is 5.03. The molecule has 0 heterocycles. The average Bonchev–Trinajstić information content (AvgIpc) is 3.48. The van der Waals surface area contributed by atoms with Crippen molar-refractivity contribution < 1.29 is 9.59 Å². The lowest BCUT2D eigenvalue weighted by molar-refractivity contribution is -0.117. The zero-order valence-electron chi connectivity index (χ0n) is 16.0. The molecule has 1 unspecified atom stereocenters. The van der Waals surface area contributed by atoms with Gasteiger partial charge in [-0.1, -0.05) is 31.2 Å². The molecule has 142 valence electrons. The molecule has 2 aromatic rings. The van der Waals surface area contributed by atoms with Crippen molar-refractivity contribution in [3.05, 3.63) is 53.6 Å². The monoisotopic (exact) mass is 382 g/mol. The summed E-state index contributed by atoms with van der Waals surface area (Å²) in [6.45, 7) is 6.00. The summed E-state index contributed by atoms with van der Waals surface area (Å²) in [6, 6.07) is 13.8. The van der Waals surface area contributed by atoms with E-state index in [0.717, 1.165) is 46.7 Å². The van der Waals surface area contributed by atoms with Gasteiger partial charge in [0.25, 0.3) is 0 Å². The van der Waals surface area contributed by atoms with Crippen LogP contribution in [0, 0.1) is 12.8 Å². The largest absolute Gasteiger partial charge is 0.326 e. The molecule has 0 aliphatic heterocycles. The van der Waals surface area contributed by atoms with Crippen molar-refractivity contribution in [2.24, 2.45) is 5.92 Å². The third kappa shape index (κ3) is 5.13. The molecule has 3 rings (SSSR count). The average molecular weight is 383 g/mol. The summed E-state index contributed by atoms with van der Waals surface area (Å²) in [4.78, 5) is 25.6. The Morgan fingerprint density at radius 2 is 1.89 bits per heavy atom. The third-order valence-corrected chi connectivity index (χ3v) is 5.81. The van der Waals surface area contributed by atoms with E-state index in [9.17, 15) is 9.59 Å². The smallest absolute Gasteiger partial charge is 0.237 e. The molecule has 5 heteroatoms. The zero-order chi connectivity index (χ0) is 19.4. The molecule has 0 aromatic heterocycles. The van der Waals surface area contributed by atoms with Crippen LogP contribution in [0.2, 0.25) is 0 Å². The van der Waals surface area contributed by atoms with Gasteiger partial charge >= 0.3 is 0 Å². The molecule has 0 spiro atoms. The van der Waals surface area contributed by atoms with Crippen molar-refractivity contribution in [1.82, 2.24) is 0 Å². The van der Waals surface area contributed by atoms with E-state index in [1.807, 2.05) is 56.3 Å². The lowest BCUT2D eigenvalue weighted by Crippen LogP contribution is -2.23. The van der Waals surface area contributed by atoms with E-state index in [1.165, 1.54) is 11.8 Å². The second-order valence-electron chi connectivity index (χ2n) is 7.00. The maximum Gasteiger partial charge on any atom is 0.237 e.